The predicted molar refractivity (Wildman–Crippen MR) is 61.9 cm³/mol. The molecular formula is C10H12BrNS. The molecule has 0 radical (unpaired) electrons. The zero-order valence-electron chi connectivity index (χ0n) is 7.73. The maximum Gasteiger partial charge on any atom is 0.0701 e. The minimum Gasteiger partial charge on any atom is -0.312 e. The van der Waals surface area contributed by atoms with Crippen LogP contribution in [-0.2, 0) is 0 Å². The van der Waals surface area contributed by atoms with Gasteiger partial charge in [-0.05, 0) is 42.0 Å². The van der Waals surface area contributed by atoms with Crippen molar-refractivity contribution in [3.8, 4) is 11.8 Å². The van der Waals surface area contributed by atoms with Gasteiger partial charge >= 0.3 is 0 Å². The zero-order valence-corrected chi connectivity index (χ0v) is 10.1. The number of thiophene rings is 1. The van der Waals surface area contributed by atoms with Gasteiger partial charge in [-0.3, -0.25) is 0 Å². The molecule has 1 unspecified atom stereocenters. The van der Waals surface area contributed by atoms with Crippen LogP contribution in [0.3, 0.4) is 0 Å². The summed E-state index contributed by atoms with van der Waals surface area (Å²) in [5.74, 6) is 6.00. The SMILES string of the molecule is CC#CCC(NC)c1ccc(Br)s1. The quantitative estimate of drug-likeness (QED) is 0.821. The Labute approximate surface area is 91.7 Å². The Morgan fingerprint density at radius 1 is 1.62 bits per heavy atom. The number of rotatable bonds is 3. The first-order valence-corrected chi connectivity index (χ1v) is 5.71. The van der Waals surface area contributed by atoms with Gasteiger partial charge in [-0.15, -0.1) is 23.2 Å². The molecule has 0 fully saturated rings. The average Bonchev–Trinajstić information content (AvgIpc) is 2.54. The molecule has 1 heterocycles. The summed E-state index contributed by atoms with van der Waals surface area (Å²) in [4.78, 5) is 1.33. The molecular weight excluding hydrogens is 246 g/mol. The van der Waals surface area contributed by atoms with Gasteiger partial charge in [0, 0.05) is 11.3 Å². The molecule has 13 heavy (non-hydrogen) atoms. The summed E-state index contributed by atoms with van der Waals surface area (Å²) in [6.45, 7) is 1.87. The van der Waals surface area contributed by atoms with Crippen LogP contribution in [0.25, 0.3) is 0 Å². The highest BCUT2D eigenvalue weighted by atomic mass is 79.9. The molecule has 0 aliphatic heterocycles. The van der Waals surface area contributed by atoms with Crippen molar-refractivity contribution in [3.63, 3.8) is 0 Å². The van der Waals surface area contributed by atoms with E-state index in [0.717, 1.165) is 6.42 Å². The Hall–Kier alpha value is -0.300. The molecule has 0 aliphatic rings. The summed E-state index contributed by atoms with van der Waals surface area (Å²) in [6.07, 6.45) is 0.875. The third kappa shape index (κ3) is 3.15. The highest BCUT2D eigenvalue weighted by molar-refractivity contribution is 9.11. The minimum absolute atomic E-state index is 0.365. The van der Waals surface area contributed by atoms with Gasteiger partial charge in [0.15, 0.2) is 0 Å². The molecule has 0 aliphatic carbocycles. The van der Waals surface area contributed by atoms with Gasteiger partial charge in [-0.25, -0.2) is 0 Å². The second-order valence-electron chi connectivity index (χ2n) is 2.61. The third-order valence-corrected chi connectivity index (χ3v) is 3.51. The van der Waals surface area contributed by atoms with Gasteiger partial charge in [-0.2, -0.15) is 0 Å². The summed E-state index contributed by atoms with van der Waals surface area (Å²) in [5.41, 5.74) is 0. The first-order chi connectivity index (χ1) is 6.27. The Kier molecular flexibility index (Phi) is 4.51. The number of nitrogens with one attached hydrogen (secondary N) is 1. The second-order valence-corrected chi connectivity index (χ2v) is 5.11. The molecule has 0 bridgehead atoms. The number of halogens is 1. The maximum absolute atomic E-state index is 3.45. The van der Waals surface area contributed by atoms with E-state index in [4.69, 9.17) is 0 Å². The van der Waals surface area contributed by atoms with E-state index in [1.165, 1.54) is 8.66 Å². The van der Waals surface area contributed by atoms with E-state index >= 15 is 0 Å². The lowest BCUT2D eigenvalue weighted by Crippen LogP contribution is -2.14. The molecule has 0 aromatic carbocycles. The van der Waals surface area contributed by atoms with E-state index in [1.807, 2.05) is 14.0 Å². The van der Waals surface area contributed by atoms with Gasteiger partial charge in [0.05, 0.1) is 9.83 Å². The summed E-state index contributed by atoms with van der Waals surface area (Å²) in [5, 5.41) is 3.25. The Morgan fingerprint density at radius 2 is 2.38 bits per heavy atom. The molecule has 1 aromatic rings. The van der Waals surface area contributed by atoms with Crippen molar-refractivity contribution in [2.45, 2.75) is 19.4 Å². The smallest absolute Gasteiger partial charge is 0.0701 e. The average molecular weight is 258 g/mol. The lowest BCUT2D eigenvalue weighted by atomic mass is 10.2. The fourth-order valence-electron chi connectivity index (χ4n) is 1.06. The van der Waals surface area contributed by atoms with Crippen molar-refractivity contribution < 1.29 is 0 Å². The molecule has 1 aromatic heterocycles. The lowest BCUT2D eigenvalue weighted by molar-refractivity contribution is 0.622. The van der Waals surface area contributed by atoms with Crippen molar-refractivity contribution in [2.24, 2.45) is 0 Å². The van der Waals surface area contributed by atoms with Crippen LogP contribution in [0.1, 0.15) is 24.3 Å². The van der Waals surface area contributed by atoms with Gasteiger partial charge in [0.2, 0.25) is 0 Å². The number of hydrogen-bond acceptors (Lipinski definition) is 2. The zero-order chi connectivity index (χ0) is 9.68. The van der Waals surface area contributed by atoms with Gasteiger partial charge in [-0.1, -0.05) is 0 Å². The van der Waals surface area contributed by atoms with Crippen LogP contribution in [-0.4, -0.2) is 7.05 Å². The molecule has 0 saturated heterocycles. The van der Waals surface area contributed by atoms with Crippen LogP contribution < -0.4 is 5.32 Å². The van der Waals surface area contributed by atoms with E-state index < -0.39 is 0 Å². The first kappa shape index (κ1) is 10.8. The van der Waals surface area contributed by atoms with Crippen molar-refractivity contribution in [1.82, 2.24) is 5.32 Å². The van der Waals surface area contributed by atoms with Crippen LogP contribution >= 0.6 is 27.3 Å². The Bertz CT molecular complexity index is 321. The van der Waals surface area contributed by atoms with Gasteiger partial charge in [0.25, 0.3) is 0 Å². The van der Waals surface area contributed by atoms with Crippen LogP contribution in [0.2, 0.25) is 0 Å². The normalized spacial score (nSPS) is 11.9. The van der Waals surface area contributed by atoms with E-state index in [1.54, 1.807) is 11.3 Å². The van der Waals surface area contributed by atoms with E-state index in [0.29, 0.717) is 6.04 Å². The largest absolute Gasteiger partial charge is 0.312 e. The van der Waals surface area contributed by atoms with Gasteiger partial charge < -0.3 is 5.32 Å². The summed E-state index contributed by atoms with van der Waals surface area (Å²) >= 11 is 5.21. The summed E-state index contributed by atoms with van der Waals surface area (Å²) in [7, 11) is 1.97. The van der Waals surface area contributed by atoms with E-state index in [2.05, 4.69) is 45.2 Å². The van der Waals surface area contributed by atoms with Crippen molar-refractivity contribution in [1.29, 1.82) is 0 Å². The molecule has 1 rings (SSSR count). The second kappa shape index (κ2) is 5.43. The first-order valence-electron chi connectivity index (χ1n) is 4.10. The predicted octanol–water partition coefficient (Wildman–Crippen LogP) is 3.18. The van der Waals surface area contributed by atoms with E-state index in [-0.39, 0.29) is 0 Å². The minimum atomic E-state index is 0.365. The van der Waals surface area contributed by atoms with Gasteiger partial charge in [0.1, 0.15) is 0 Å². The molecule has 1 atom stereocenters. The fourth-order valence-corrected chi connectivity index (χ4v) is 2.60. The summed E-state index contributed by atoms with van der Waals surface area (Å²) < 4.78 is 1.17. The van der Waals surface area contributed by atoms with Crippen LogP contribution in [0.5, 0.6) is 0 Å². The van der Waals surface area contributed by atoms with Crippen LogP contribution in [0.15, 0.2) is 15.9 Å². The maximum atomic E-state index is 3.45. The van der Waals surface area contributed by atoms with Crippen LogP contribution in [0, 0.1) is 11.8 Å². The Morgan fingerprint density at radius 3 is 2.85 bits per heavy atom. The molecule has 1 N–H and O–H groups in total. The monoisotopic (exact) mass is 257 g/mol. The van der Waals surface area contributed by atoms with Crippen LogP contribution in [0.4, 0.5) is 0 Å². The highest BCUT2D eigenvalue weighted by Crippen LogP contribution is 2.28. The fraction of sp³-hybridized carbons (Fsp3) is 0.400. The molecule has 0 amide bonds. The highest BCUT2D eigenvalue weighted by Gasteiger charge is 2.09. The molecule has 0 spiro atoms. The number of hydrogen-bond donors (Lipinski definition) is 1. The van der Waals surface area contributed by atoms with E-state index in [9.17, 15) is 0 Å². The lowest BCUT2D eigenvalue weighted by Gasteiger charge is -2.09. The van der Waals surface area contributed by atoms with Crippen molar-refractivity contribution in [2.75, 3.05) is 7.05 Å². The van der Waals surface area contributed by atoms with Crippen molar-refractivity contribution in [3.05, 3.63) is 20.8 Å². The standard InChI is InChI=1S/C10H12BrNS/c1-3-4-5-8(12-2)9-6-7-10(11)13-9/h6-8,12H,5H2,1-2H3. The molecule has 3 heteroatoms. The summed E-state index contributed by atoms with van der Waals surface area (Å²) in [6, 6.07) is 4.57. The molecule has 70 valence electrons. The molecule has 1 nitrogen and oxygen atoms in total. The third-order valence-electron chi connectivity index (χ3n) is 1.77. The topological polar surface area (TPSA) is 12.0 Å². The Balaban J connectivity index is 2.70. The molecule has 0 saturated carbocycles. The van der Waals surface area contributed by atoms with Crippen molar-refractivity contribution >= 4 is 27.3 Å².